The molecule has 1 fully saturated rings. The molecule has 1 aliphatic heterocycles. The molecule has 0 aliphatic carbocycles. The fourth-order valence-electron chi connectivity index (χ4n) is 4.10. The number of hydrogen-bond acceptors (Lipinski definition) is 9. The van der Waals surface area contributed by atoms with Crippen LogP contribution in [0.3, 0.4) is 0 Å². The number of morpholine rings is 1. The number of nitrogens with zero attached hydrogens (tertiary/aromatic N) is 5. The lowest BCUT2D eigenvalue weighted by molar-refractivity contribution is -0.125. The normalized spacial score (nSPS) is 14.7. The predicted octanol–water partition coefficient (Wildman–Crippen LogP) is 2.67. The molecule has 2 aromatic carbocycles. The van der Waals surface area contributed by atoms with Gasteiger partial charge in [0.05, 0.1) is 24.3 Å². The minimum absolute atomic E-state index is 0.184. The molecule has 2 aromatic heterocycles. The maximum absolute atomic E-state index is 12.0. The molecule has 178 valence electrons. The molecule has 1 aliphatic rings. The number of fused-ring (bicyclic) bond motifs is 1. The highest BCUT2D eigenvalue weighted by atomic mass is 16.5. The molecule has 9 nitrogen and oxygen atoms in total. The fraction of sp³-hybridized carbons (Fsp3) is 0.269. The molecule has 9 heteroatoms. The summed E-state index contributed by atoms with van der Waals surface area (Å²) >= 11 is 0. The Kier molecular flexibility index (Phi) is 6.35. The third kappa shape index (κ3) is 4.96. The van der Waals surface area contributed by atoms with Crippen molar-refractivity contribution >= 4 is 28.5 Å². The number of aliphatic hydroxyl groups excluding tert-OH is 1. The summed E-state index contributed by atoms with van der Waals surface area (Å²) in [6, 6.07) is 13.9. The van der Waals surface area contributed by atoms with Crippen LogP contribution in [0.1, 0.15) is 12.5 Å². The third-order valence-corrected chi connectivity index (χ3v) is 6.02. The summed E-state index contributed by atoms with van der Waals surface area (Å²) in [6.45, 7) is 4.25. The molecule has 5 rings (SSSR count). The molecule has 1 saturated heterocycles. The number of hydrogen-bond donors (Lipinski definition) is 2. The first kappa shape index (κ1) is 22.8. The fourth-order valence-corrected chi connectivity index (χ4v) is 4.10. The van der Waals surface area contributed by atoms with E-state index in [1.807, 2.05) is 42.5 Å². The summed E-state index contributed by atoms with van der Waals surface area (Å²) in [5.41, 5.74) is 9.92. The first-order valence-electron chi connectivity index (χ1n) is 11.5. The summed E-state index contributed by atoms with van der Waals surface area (Å²) in [5, 5.41) is 10.5. The monoisotopic (exact) mass is 470 g/mol. The van der Waals surface area contributed by atoms with E-state index in [0.717, 1.165) is 46.5 Å². The second kappa shape index (κ2) is 9.73. The van der Waals surface area contributed by atoms with Gasteiger partial charge in [-0.05, 0) is 35.7 Å². The Morgan fingerprint density at radius 1 is 1.06 bits per heavy atom. The standard InChI is InChI=1S/C26H26N6O3/c1-16(33)23(34)12-17-3-2-4-18(11-17)19-5-6-21-22(13-19)30-24(20-14-28-26(27)29-15-20)31-25(21)32-7-9-35-10-8-32/h2-6,11,13-16,33H,7-10,12H2,1H3,(H2,27,28,29). The summed E-state index contributed by atoms with van der Waals surface area (Å²) in [7, 11) is 0. The Hall–Kier alpha value is -3.95. The minimum Gasteiger partial charge on any atom is -0.386 e. The van der Waals surface area contributed by atoms with Gasteiger partial charge in [-0.15, -0.1) is 0 Å². The van der Waals surface area contributed by atoms with Gasteiger partial charge in [0.15, 0.2) is 11.6 Å². The Balaban J connectivity index is 1.59. The highest BCUT2D eigenvalue weighted by Gasteiger charge is 2.19. The van der Waals surface area contributed by atoms with Crippen molar-refractivity contribution in [2.24, 2.45) is 0 Å². The molecule has 0 radical (unpaired) electrons. The number of aromatic nitrogens is 4. The van der Waals surface area contributed by atoms with Crippen LogP contribution in [0.25, 0.3) is 33.4 Å². The first-order chi connectivity index (χ1) is 17.0. The average molecular weight is 471 g/mol. The average Bonchev–Trinajstić information content (AvgIpc) is 2.88. The van der Waals surface area contributed by atoms with Crippen LogP contribution < -0.4 is 10.6 Å². The van der Waals surface area contributed by atoms with E-state index in [1.54, 1.807) is 12.4 Å². The minimum atomic E-state index is -0.981. The van der Waals surface area contributed by atoms with Gasteiger partial charge < -0.3 is 20.5 Å². The zero-order valence-corrected chi connectivity index (χ0v) is 19.4. The lowest BCUT2D eigenvalue weighted by Crippen LogP contribution is -2.37. The number of ketones is 1. The summed E-state index contributed by atoms with van der Waals surface area (Å²) in [6.07, 6.45) is 2.45. The quantitative estimate of drug-likeness (QED) is 0.437. The van der Waals surface area contributed by atoms with Crippen LogP contribution in [-0.2, 0) is 16.0 Å². The number of nitrogens with two attached hydrogens (primary N) is 1. The van der Waals surface area contributed by atoms with Crippen LogP contribution in [-0.4, -0.2) is 63.2 Å². The van der Waals surface area contributed by atoms with Crippen LogP contribution in [0.15, 0.2) is 54.9 Å². The lowest BCUT2D eigenvalue weighted by atomic mass is 9.98. The van der Waals surface area contributed by atoms with Gasteiger partial charge in [-0.1, -0.05) is 30.3 Å². The number of nitrogen functional groups attached to an aromatic ring is 1. The van der Waals surface area contributed by atoms with E-state index in [0.29, 0.717) is 24.6 Å². The molecule has 0 bridgehead atoms. The van der Waals surface area contributed by atoms with Crippen molar-refractivity contribution in [3.63, 3.8) is 0 Å². The molecule has 3 N–H and O–H groups in total. The van der Waals surface area contributed by atoms with Crippen molar-refractivity contribution in [2.45, 2.75) is 19.4 Å². The van der Waals surface area contributed by atoms with E-state index in [2.05, 4.69) is 14.9 Å². The number of ether oxygens (including phenoxy) is 1. The Labute approximate surface area is 202 Å². The molecule has 4 aromatic rings. The second-order valence-electron chi connectivity index (χ2n) is 8.55. The highest BCUT2D eigenvalue weighted by molar-refractivity contribution is 5.94. The number of carbonyl (C=O) groups excluding carboxylic acids is 1. The van der Waals surface area contributed by atoms with Crippen LogP contribution in [0, 0.1) is 0 Å². The van der Waals surface area contributed by atoms with Gasteiger partial charge in [0, 0.05) is 37.3 Å². The number of carbonyl (C=O) groups is 1. The van der Waals surface area contributed by atoms with Crippen molar-refractivity contribution in [1.29, 1.82) is 0 Å². The summed E-state index contributed by atoms with van der Waals surface area (Å²) in [4.78, 5) is 32.1. The van der Waals surface area contributed by atoms with Crippen LogP contribution in [0.5, 0.6) is 0 Å². The van der Waals surface area contributed by atoms with E-state index in [1.165, 1.54) is 6.92 Å². The van der Waals surface area contributed by atoms with Crippen LogP contribution in [0.4, 0.5) is 11.8 Å². The molecule has 1 unspecified atom stereocenters. The van der Waals surface area contributed by atoms with Crippen LogP contribution in [0.2, 0.25) is 0 Å². The topological polar surface area (TPSA) is 127 Å². The number of benzene rings is 2. The van der Waals surface area contributed by atoms with Gasteiger partial charge in [0.25, 0.3) is 0 Å². The van der Waals surface area contributed by atoms with Crippen molar-refractivity contribution in [3.05, 3.63) is 60.4 Å². The van der Waals surface area contributed by atoms with Crippen molar-refractivity contribution in [3.8, 4) is 22.5 Å². The Bertz CT molecular complexity index is 1370. The SMILES string of the molecule is CC(O)C(=O)Cc1cccc(-c2ccc3c(N4CCOCC4)nc(-c4cnc(N)nc4)nc3c2)c1. The molecule has 0 spiro atoms. The zero-order valence-electron chi connectivity index (χ0n) is 19.4. The highest BCUT2D eigenvalue weighted by Crippen LogP contribution is 2.31. The molecular weight excluding hydrogens is 444 g/mol. The molecule has 35 heavy (non-hydrogen) atoms. The number of aliphatic hydroxyl groups is 1. The molecule has 0 saturated carbocycles. The van der Waals surface area contributed by atoms with Crippen molar-refractivity contribution in [1.82, 2.24) is 19.9 Å². The first-order valence-corrected chi connectivity index (χ1v) is 11.5. The molecule has 0 amide bonds. The number of rotatable bonds is 6. The van der Waals surface area contributed by atoms with E-state index in [4.69, 9.17) is 20.4 Å². The van der Waals surface area contributed by atoms with Crippen molar-refractivity contribution < 1.29 is 14.6 Å². The molecule has 3 heterocycles. The number of Topliss-reactive ketones (excluding diaryl/α,β-unsaturated/α-hetero) is 1. The maximum atomic E-state index is 12.0. The lowest BCUT2D eigenvalue weighted by Gasteiger charge is -2.29. The smallest absolute Gasteiger partial charge is 0.219 e. The van der Waals surface area contributed by atoms with Crippen molar-refractivity contribution in [2.75, 3.05) is 36.9 Å². The van der Waals surface area contributed by atoms with E-state index >= 15 is 0 Å². The number of anilines is 2. The van der Waals surface area contributed by atoms with Gasteiger partial charge in [-0.2, -0.15) is 0 Å². The zero-order chi connectivity index (χ0) is 24.4. The Morgan fingerprint density at radius 2 is 1.80 bits per heavy atom. The largest absolute Gasteiger partial charge is 0.386 e. The van der Waals surface area contributed by atoms with Gasteiger partial charge in [0.2, 0.25) is 5.95 Å². The van der Waals surface area contributed by atoms with Gasteiger partial charge in [-0.25, -0.2) is 19.9 Å². The Morgan fingerprint density at radius 3 is 2.54 bits per heavy atom. The van der Waals surface area contributed by atoms with E-state index in [-0.39, 0.29) is 18.2 Å². The summed E-state index contributed by atoms with van der Waals surface area (Å²) in [5.74, 6) is 1.35. The van der Waals surface area contributed by atoms with Gasteiger partial charge in [-0.3, -0.25) is 4.79 Å². The molecule has 1 atom stereocenters. The van der Waals surface area contributed by atoms with E-state index < -0.39 is 6.10 Å². The predicted molar refractivity (Wildman–Crippen MR) is 134 cm³/mol. The molecular formula is C26H26N6O3. The second-order valence-corrected chi connectivity index (χ2v) is 8.55. The third-order valence-electron chi connectivity index (χ3n) is 6.02. The summed E-state index contributed by atoms with van der Waals surface area (Å²) < 4.78 is 5.53. The van der Waals surface area contributed by atoms with Crippen LogP contribution >= 0.6 is 0 Å². The van der Waals surface area contributed by atoms with E-state index in [9.17, 15) is 9.90 Å². The maximum Gasteiger partial charge on any atom is 0.219 e. The van der Waals surface area contributed by atoms with Gasteiger partial charge in [0.1, 0.15) is 11.9 Å². The van der Waals surface area contributed by atoms with Gasteiger partial charge >= 0.3 is 0 Å².